The van der Waals surface area contributed by atoms with Crippen molar-refractivity contribution in [2.24, 2.45) is 0 Å². The van der Waals surface area contributed by atoms with Crippen LogP contribution in [0.4, 0.5) is 4.79 Å². The molecule has 1 unspecified atom stereocenters. The van der Waals surface area contributed by atoms with Crippen molar-refractivity contribution in [1.82, 2.24) is 10.6 Å². The first kappa shape index (κ1) is 17.0. The first-order valence-electron chi connectivity index (χ1n) is 8.31. The van der Waals surface area contributed by atoms with Crippen LogP contribution >= 0.6 is 0 Å². The Balaban J connectivity index is 1.74. The van der Waals surface area contributed by atoms with Gasteiger partial charge in [-0.2, -0.15) is 0 Å². The number of ketones is 1. The molecule has 116 valence electrons. The quantitative estimate of drug-likeness (QED) is 0.538. The Kier molecular flexibility index (Phi) is 9.09. The van der Waals surface area contributed by atoms with E-state index in [0.29, 0.717) is 13.0 Å². The van der Waals surface area contributed by atoms with Crippen LogP contribution in [-0.4, -0.2) is 24.4 Å². The third kappa shape index (κ3) is 8.94. The number of carbonyl (C=O) groups excluding carboxylic acids is 2. The van der Waals surface area contributed by atoms with Crippen molar-refractivity contribution in [3.63, 3.8) is 0 Å². The van der Waals surface area contributed by atoms with Gasteiger partial charge in [0.05, 0.1) is 6.04 Å². The lowest BCUT2D eigenvalue weighted by molar-refractivity contribution is -0.110. The maximum absolute atomic E-state index is 11.3. The zero-order valence-corrected chi connectivity index (χ0v) is 12.9. The van der Waals surface area contributed by atoms with E-state index in [1.807, 2.05) is 0 Å². The topological polar surface area (TPSA) is 58.2 Å². The van der Waals surface area contributed by atoms with Crippen LogP contribution in [0.3, 0.4) is 0 Å². The van der Waals surface area contributed by atoms with Gasteiger partial charge < -0.3 is 10.6 Å². The van der Waals surface area contributed by atoms with E-state index in [2.05, 4.69) is 17.6 Å². The molecule has 1 aliphatic carbocycles. The molecule has 2 N–H and O–H groups in total. The number of unbranched alkanes of at least 4 members (excludes halogenated alkanes) is 9. The van der Waals surface area contributed by atoms with Gasteiger partial charge in [-0.1, -0.05) is 64.7 Å². The highest BCUT2D eigenvalue weighted by molar-refractivity contribution is 6.02. The molecule has 0 aromatic carbocycles. The summed E-state index contributed by atoms with van der Waals surface area (Å²) in [5.41, 5.74) is 0. The Morgan fingerprint density at radius 2 is 1.50 bits per heavy atom. The SMILES string of the molecule is CCCCCCCCCCCCNC(=O)NC1CC1=O. The second-order valence-corrected chi connectivity index (χ2v) is 5.81. The van der Waals surface area contributed by atoms with Gasteiger partial charge in [0, 0.05) is 13.0 Å². The van der Waals surface area contributed by atoms with Crippen molar-refractivity contribution in [2.45, 2.75) is 83.6 Å². The van der Waals surface area contributed by atoms with Crippen LogP contribution in [0.15, 0.2) is 0 Å². The summed E-state index contributed by atoms with van der Waals surface area (Å²) in [4.78, 5) is 22.1. The van der Waals surface area contributed by atoms with Crippen molar-refractivity contribution in [1.29, 1.82) is 0 Å². The minimum absolute atomic E-state index is 0.138. The fourth-order valence-corrected chi connectivity index (χ4v) is 2.30. The smallest absolute Gasteiger partial charge is 0.315 e. The van der Waals surface area contributed by atoms with Crippen molar-refractivity contribution < 1.29 is 9.59 Å². The van der Waals surface area contributed by atoms with E-state index in [1.54, 1.807) is 0 Å². The summed E-state index contributed by atoms with van der Waals surface area (Å²) in [6.07, 6.45) is 13.5. The molecule has 1 fully saturated rings. The monoisotopic (exact) mass is 282 g/mol. The summed E-state index contributed by atoms with van der Waals surface area (Å²) in [6.45, 7) is 2.96. The van der Waals surface area contributed by atoms with E-state index < -0.39 is 0 Å². The van der Waals surface area contributed by atoms with Crippen LogP contribution in [0.1, 0.15) is 77.6 Å². The van der Waals surface area contributed by atoms with E-state index >= 15 is 0 Å². The molecule has 20 heavy (non-hydrogen) atoms. The Morgan fingerprint density at radius 1 is 1.00 bits per heavy atom. The molecular weight excluding hydrogens is 252 g/mol. The summed E-state index contributed by atoms with van der Waals surface area (Å²) < 4.78 is 0. The molecule has 0 spiro atoms. The number of urea groups is 1. The number of hydrogen-bond acceptors (Lipinski definition) is 2. The van der Waals surface area contributed by atoms with Gasteiger partial charge in [0.15, 0.2) is 5.78 Å². The number of Topliss-reactive ketones (excluding diaryl/α,β-unsaturated/α-hetero) is 1. The summed E-state index contributed by atoms with van der Waals surface area (Å²) in [7, 11) is 0. The summed E-state index contributed by atoms with van der Waals surface area (Å²) >= 11 is 0. The summed E-state index contributed by atoms with van der Waals surface area (Å²) in [6, 6.07) is -0.403. The first-order chi connectivity index (χ1) is 9.74. The van der Waals surface area contributed by atoms with Crippen LogP contribution in [0.25, 0.3) is 0 Å². The van der Waals surface area contributed by atoms with E-state index in [1.165, 1.54) is 57.8 Å². The van der Waals surface area contributed by atoms with Crippen LogP contribution < -0.4 is 10.6 Å². The van der Waals surface area contributed by atoms with Gasteiger partial charge in [0.2, 0.25) is 0 Å². The first-order valence-corrected chi connectivity index (χ1v) is 8.31. The number of hydrogen-bond donors (Lipinski definition) is 2. The lowest BCUT2D eigenvalue weighted by atomic mass is 10.1. The fourth-order valence-electron chi connectivity index (χ4n) is 2.30. The van der Waals surface area contributed by atoms with Crippen LogP contribution in [0.5, 0.6) is 0 Å². The van der Waals surface area contributed by atoms with Crippen LogP contribution in [-0.2, 0) is 4.79 Å². The highest BCUT2D eigenvalue weighted by atomic mass is 16.2. The van der Waals surface area contributed by atoms with E-state index in [9.17, 15) is 9.59 Å². The van der Waals surface area contributed by atoms with Crippen molar-refractivity contribution >= 4 is 11.8 Å². The average Bonchev–Trinajstić information content (AvgIpc) is 3.11. The van der Waals surface area contributed by atoms with Crippen molar-refractivity contribution in [3.8, 4) is 0 Å². The van der Waals surface area contributed by atoms with E-state index in [4.69, 9.17) is 0 Å². The number of amides is 2. The number of rotatable bonds is 12. The van der Waals surface area contributed by atoms with Gasteiger partial charge in [-0.05, 0) is 6.42 Å². The molecule has 0 radical (unpaired) electrons. The predicted octanol–water partition coefficient (Wildman–Crippen LogP) is 3.55. The van der Waals surface area contributed by atoms with Crippen molar-refractivity contribution in [3.05, 3.63) is 0 Å². The third-order valence-corrected chi connectivity index (χ3v) is 3.76. The molecule has 0 bridgehead atoms. The lowest BCUT2D eigenvalue weighted by Gasteiger charge is -2.05. The molecule has 0 aromatic rings. The zero-order valence-electron chi connectivity index (χ0n) is 12.9. The van der Waals surface area contributed by atoms with Gasteiger partial charge in [-0.25, -0.2) is 4.79 Å². The molecule has 1 rings (SSSR count). The molecule has 4 heteroatoms. The van der Waals surface area contributed by atoms with Gasteiger partial charge in [-0.15, -0.1) is 0 Å². The highest BCUT2D eigenvalue weighted by Gasteiger charge is 2.35. The van der Waals surface area contributed by atoms with Gasteiger partial charge >= 0.3 is 6.03 Å². The average molecular weight is 282 g/mol. The number of nitrogens with one attached hydrogen (secondary N) is 2. The molecule has 1 atom stereocenters. The number of carbonyl (C=O) groups is 2. The zero-order chi connectivity index (χ0) is 14.6. The lowest BCUT2D eigenvalue weighted by Crippen LogP contribution is -2.37. The standard InChI is InChI=1S/C16H30N2O2/c1-2-3-4-5-6-7-8-9-10-11-12-17-16(20)18-14-13-15(14)19/h14H,2-13H2,1H3,(H2,17,18,20). The molecule has 2 amide bonds. The summed E-state index contributed by atoms with van der Waals surface area (Å²) in [5, 5.41) is 5.44. The van der Waals surface area contributed by atoms with E-state index in [-0.39, 0.29) is 17.9 Å². The van der Waals surface area contributed by atoms with Crippen LogP contribution in [0.2, 0.25) is 0 Å². The predicted molar refractivity (Wildman–Crippen MR) is 81.8 cm³/mol. The molecule has 1 aliphatic rings. The fraction of sp³-hybridized carbons (Fsp3) is 0.875. The van der Waals surface area contributed by atoms with Crippen molar-refractivity contribution in [2.75, 3.05) is 6.54 Å². The molecule has 0 aliphatic heterocycles. The molecular formula is C16H30N2O2. The maximum Gasteiger partial charge on any atom is 0.315 e. The van der Waals surface area contributed by atoms with Gasteiger partial charge in [0.1, 0.15) is 0 Å². The molecule has 1 saturated carbocycles. The minimum atomic E-state index is -0.206. The third-order valence-electron chi connectivity index (χ3n) is 3.76. The molecule has 0 aromatic heterocycles. The Labute approximate surface area is 123 Å². The molecule has 0 heterocycles. The highest BCUT2D eigenvalue weighted by Crippen LogP contribution is 2.12. The Morgan fingerprint density at radius 3 is 2.00 bits per heavy atom. The minimum Gasteiger partial charge on any atom is -0.338 e. The van der Waals surface area contributed by atoms with E-state index in [0.717, 1.165) is 6.42 Å². The van der Waals surface area contributed by atoms with Gasteiger partial charge in [-0.3, -0.25) is 4.79 Å². The largest absolute Gasteiger partial charge is 0.338 e. The Hall–Kier alpha value is -1.06. The Bertz CT molecular complexity index is 292. The second kappa shape index (κ2) is 10.7. The van der Waals surface area contributed by atoms with Gasteiger partial charge in [0.25, 0.3) is 0 Å². The van der Waals surface area contributed by atoms with Crippen LogP contribution in [0, 0.1) is 0 Å². The maximum atomic E-state index is 11.3. The molecule has 4 nitrogen and oxygen atoms in total. The normalized spacial score (nSPS) is 17.1. The summed E-state index contributed by atoms with van der Waals surface area (Å²) in [5.74, 6) is 0.138. The second-order valence-electron chi connectivity index (χ2n) is 5.81. The molecule has 0 saturated heterocycles.